The highest BCUT2D eigenvalue weighted by molar-refractivity contribution is 7.92. The van der Waals surface area contributed by atoms with Crippen molar-refractivity contribution in [3.05, 3.63) is 82.9 Å². The van der Waals surface area contributed by atoms with Crippen molar-refractivity contribution in [2.45, 2.75) is 31.6 Å². The molecule has 0 bridgehead atoms. The molecule has 0 atom stereocenters. The van der Waals surface area contributed by atoms with Gasteiger partial charge in [-0.2, -0.15) is 0 Å². The van der Waals surface area contributed by atoms with Crippen molar-refractivity contribution in [3.63, 3.8) is 0 Å². The van der Waals surface area contributed by atoms with Gasteiger partial charge in [0.15, 0.2) is 0 Å². The van der Waals surface area contributed by atoms with E-state index in [4.69, 9.17) is 16.3 Å². The van der Waals surface area contributed by atoms with Crippen molar-refractivity contribution in [1.82, 2.24) is 0 Å². The number of amides is 1. The summed E-state index contributed by atoms with van der Waals surface area (Å²) in [7, 11) is -3.72. The summed E-state index contributed by atoms with van der Waals surface area (Å²) in [5, 5.41) is 3.40. The maximum Gasteiger partial charge on any atom is 0.261 e. The molecule has 0 unspecified atom stereocenters. The molecule has 0 aliphatic rings. The van der Waals surface area contributed by atoms with Crippen LogP contribution in [0.3, 0.4) is 0 Å². The summed E-state index contributed by atoms with van der Waals surface area (Å²) in [5.41, 5.74) is 3.12. The van der Waals surface area contributed by atoms with Gasteiger partial charge in [0, 0.05) is 22.8 Å². The number of rotatable bonds is 9. The summed E-state index contributed by atoms with van der Waals surface area (Å²) in [6.07, 6.45) is 0.822. The molecule has 3 aromatic carbocycles. The third kappa shape index (κ3) is 6.73. The van der Waals surface area contributed by atoms with E-state index in [0.717, 1.165) is 11.1 Å². The van der Waals surface area contributed by atoms with Gasteiger partial charge in [0.2, 0.25) is 5.91 Å². The van der Waals surface area contributed by atoms with Crippen molar-refractivity contribution >= 4 is 38.9 Å². The standard InChI is InChI=1S/C24H25ClN2O4S/c1-17-5-8-21(16-18(17)2)27-32(29,30)23-13-9-20(10-14-23)26-24(28)4-3-15-31-22-11-6-19(25)7-12-22/h5-14,16,27H,3-4,15H2,1-2H3,(H,26,28). The van der Waals surface area contributed by atoms with Crippen LogP contribution in [-0.4, -0.2) is 20.9 Å². The third-order valence-corrected chi connectivity index (χ3v) is 6.49. The number of hydrogen-bond acceptors (Lipinski definition) is 4. The zero-order chi connectivity index (χ0) is 23.1. The number of benzene rings is 3. The highest BCUT2D eigenvalue weighted by Gasteiger charge is 2.15. The predicted molar refractivity (Wildman–Crippen MR) is 128 cm³/mol. The lowest BCUT2D eigenvalue weighted by molar-refractivity contribution is -0.116. The van der Waals surface area contributed by atoms with Gasteiger partial charge >= 0.3 is 0 Å². The van der Waals surface area contributed by atoms with Crippen LogP contribution in [0.4, 0.5) is 11.4 Å². The molecule has 3 rings (SSSR count). The zero-order valence-corrected chi connectivity index (χ0v) is 19.5. The Bertz CT molecular complexity index is 1180. The minimum Gasteiger partial charge on any atom is -0.494 e. The number of ether oxygens (including phenoxy) is 1. The fourth-order valence-electron chi connectivity index (χ4n) is 2.91. The van der Waals surface area contributed by atoms with Gasteiger partial charge in [-0.25, -0.2) is 8.42 Å². The molecular weight excluding hydrogens is 448 g/mol. The Balaban J connectivity index is 1.49. The van der Waals surface area contributed by atoms with Gasteiger partial charge < -0.3 is 10.1 Å². The molecule has 0 fully saturated rings. The quantitative estimate of drug-likeness (QED) is 0.399. The normalized spacial score (nSPS) is 11.1. The van der Waals surface area contributed by atoms with E-state index < -0.39 is 10.0 Å². The molecule has 0 heterocycles. The first-order valence-electron chi connectivity index (χ1n) is 10.1. The highest BCUT2D eigenvalue weighted by atomic mass is 35.5. The van der Waals surface area contributed by atoms with Crippen LogP contribution in [0.2, 0.25) is 5.02 Å². The lowest BCUT2D eigenvalue weighted by Crippen LogP contribution is -2.14. The number of aryl methyl sites for hydroxylation is 2. The first kappa shape index (κ1) is 23.6. The second kappa shape index (κ2) is 10.5. The predicted octanol–water partition coefficient (Wildman–Crippen LogP) is 5.56. The van der Waals surface area contributed by atoms with Crippen molar-refractivity contribution in [3.8, 4) is 5.75 Å². The van der Waals surface area contributed by atoms with E-state index in [1.165, 1.54) is 12.1 Å². The smallest absolute Gasteiger partial charge is 0.261 e. The minimum absolute atomic E-state index is 0.116. The highest BCUT2D eigenvalue weighted by Crippen LogP contribution is 2.21. The third-order valence-electron chi connectivity index (χ3n) is 4.84. The Morgan fingerprint density at radius 1 is 0.906 bits per heavy atom. The largest absolute Gasteiger partial charge is 0.494 e. The summed E-state index contributed by atoms with van der Waals surface area (Å²) in [4.78, 5) is 12.3. The first-order chi connectivity index (χ1) is 15.2. The molecule has 8 heteroatoms. The van der Waals surface area contributed by atoms with Gasteiger partial charge in [0.1, 0.15) is 5.75 Å². The van der Waals surface area contributed by atoms with Crippen LogP contribution in [0.5, 0.6) is 5.75 Å². The van der Waals surface area contributed by atoms with E-state index in [2.05, 4.69) is 10.0 Å². The van der Waals surface area contributed by atoms with Crippen LogP contribution in [0.1, 0.15) is 24.0 Å². The van der Waals surface area contributed by atoms with Crippen LogP contribution >= 0.6 is 11.6 Å². The Hall–Kier alpha value is -3.03. The molecule has 0 saturated heterocycles. The van der Waals surface area contributed by atoms with Crippen LogP contribution < -0.4 is 14.8 Å². The fraction of sp³-hybridized carbons (Fsp3) is 0.208. The molecule has 0 aliphatic carbocycles. The Morgan fingerprint density at radius 3 is 2.22 bits per heavy atom. The van der Waals surface area contributed by atoms with Crippen LogP contribution in [0, 0.1) is 13.8 Å². The molecule has 0 aromatic heterocycles. The molecule has 168 valence electrons. The topological polar surface area (TPSA) is 84.5 Å². The van der Waals surface area contributed by atoms with Gasteiger partial charge in [0.25, 0.3) is 10.0 Å². The number of carbonyl (C=O) groups is 1. The molecule has 32 heavy (non-hydrogen) atoms. The van der Waals surface area contributed by atoms with Gasteiger partial charge in [-0.15, -0.1) is 0 Å². The summed E-state index contributed by atoms with van der Waals surface area (Å²) >= 11 is 5.83. The van der Waals surface area contributed by atoms with Gasteiger partial charge in [0.05, 0.1) is 11.5 Å². The van der Waals surface area contributed by atoms with Crippen molar-refractivity contribution in [2.75, 3.05) is 16.6 Å². The number of anilines is 2. The second-order valence-electron chi connectivity index (χ2n) is 7.38. The lowest BCUT2D eigenvalue weighted by Gasteiger charge is -2.11. The van der Waals surface area contributed by atoms with Gasteiger partial charge in [-0.3, -0.25) is 9.52 Å². The molecule has 3 aromatic rings. The van der Waals surface area contributed by atoms with E-state index in [0.29, 0.717) is 35.2 Å². The average Bonchev–Trinajstić information content (AvgIpc) is 2.75. The monoisotopic (exact) mass is 472 g/mol. The number of hydrogen-bond donors (Lipinski definition) is 2. The number of halogens is 1. The molecule has 2 N–H and O–H groups in total. The summed E-state index contributed by atoms with van der Waals surface area (Å²) < 4.78 is 33.4. The molecule has 0 spiro atoms. The second-order valence-corrected chi connectivity index (χ2v) is 9.50. The van der Waals surface area contributed by atoms with Crippen LogP contribution in [0.15, 0.2) is 71.6 Å². The Labute approximate surface area is 193 Å². The molecule has 0 saturated carbocycles. The maximum atomic E-state index is 12.6. The summed E-state index contributed by atoms with van der Waals surface area (Å²) in [6, 6.07) is 18.5. The first-order valence-corrected chi connectivity index (χ1v) is 12.0. The van der Waals surface area contributed by atoms with Crippen LogP contribution in [-0.2, 0) is 14.8 Å². The summed E-state index contributed by atoms with van der Waals surface area (Å²) in [5.74, 6) is 0.523. The van der Waals surface area contributed by atoms with E-state index in [1.54, 1.807) is 48.5 Å². The van der Waals surface area contributed by atoms with Crippen molar-refractivity contribution in [1.29, 1.82) is 0 Å². The van der Waals surface area contributed by atoms with E-state index in [-0.39, 0.29) is 17.2 Å². The Kier molecular flexibility index (Phi) is 7.77. The van der Waals surface area contributed by atoms with E-state index >= 15 is 0 Å². The minimum atomic E-state index is -3.72. The zero-order valence-electron chi connectivity index (χ0n) is 17.9. The number of carbonyl (C=O) groups excluding carboxylic acids is 1. The summed E-state index contributed by atoms with van der Waals surface area (Å²) in [6.45, 7) is 4.29. The van der Waals surface area contributed by atoms with E-state index in [9.17, 15) is 13.2 Å². The SMILES string of the molecule is Cc1ccc(NS(=O)(=O)c2ccc(NC(=O)CCCOc3ccc(Cl)cc3)cc2)cc1C. The van der Waals surface area contributed by atoms with Gasteiger partial charge in [-0.1, -0.05) is 17.7 Å². The number of sulfonamides is 1. The van der Waals surface area contributed by atoms with Crippen molar-refractivity contribution < 1.29 is 17.9 Å². The molecule has 1 amide bonds. The lowest BCUT2D eigenvalue weighted by atomic mass is 10.1. The Morgan fingerprint density at radius 2 is 1.56 bits per heavy atom. The van der Waals surface area contributed by atoms with Crippen molar-refractivity contribution in [2.24, 2.45) is 0 Å². The van der Waals surface area contributed by atoms with Gasteiger partial charge in [-0.05, 0) is 92.1 Å². The average molecular weight is 473 g/mol. The fourth-order valence-corrected chi connectivity index (χ4v) is 4.09. The van der Waals surface area contributed by atoms with Crippen LogP contribution in [0.25, 0.3) is 0 Å². The molecule has 0 radical (unpaired) electrons. The maximum absolute atomic E-state index is 12.6. The molecular formula is C24H25ClN2O4S. The van der Waals surface area contributed by atoms with E-state index in [1.807, 2.05) is 19.9 Å². The molecule has 6 nitrogen and oxygen atoms in total. The molecule has 0 aliphatic heterocycles. The number of nitrogens with one attached hydrogen (secondary N) is 2.